The Bertz CT molecular complexity index is 959. The Morgan fingerprint density at radius 1 is 1.29 bits per heavy atom. The molecule has 1 fully saturated rings. The highest BCUT2D eigenvalue weighted by atomic mass is 19.1. The van der Waals surface area contributed by atoms with Crippen LogP contribution in [0.25, 0.3) is 0 Å². The Labute approximate surface area is 162 Å². The summed E-state index contributed by atoms with van der Waals surface area (Å²) in [4.78, 5) is 29.7. The molecule has 6 nitrogen and oxygen atoms in total. The molecule has 3 N–H and O–H groups in total. The van der Waals surface area contributed by atoms with Crippen molar-refractivity contribution < 1.29 is 14.0 Å². The lowest BCUT2D eigenvalue weighted by Gasteiger charge is -2.33. The third-order valence-electron chi connectivity index (χ3n) is 5.30. The predicted molar refractivity (Wildman–Crippen MR) is 106 cm³/mol. The Balaban J connectivity index is 1.52. The van der Waals surface area contributed by atoms with Gasteiger partial charge in [-0.1, -0.05) is 18.2 Å². The van der Waals surface area contributed by atoms with E-state index in [-0.39, 0.29) is 17.7 Å². The van der Waals surface area contributed by atoms with E-state index >= 15 is 0 Å². The predicted octanol–water partition coefficient (Wildman–Crippen LogP) is 2.97. The fourth-order valence-corrected chi connectivity index (χ4v) is 3.80. The first-order valence-corrected chi connectivity index (χ1v) is 9.31. The minimum Gasteiger partial charge on any atom is -0.369 e. The van der Waals surface area contributed by atoms with Gasteiger partial charge in [-0.2, -0.15) is 0 Å². The van der Waals surface area contributed by atoms with E-state index < -0.39 is 11.7 Å². The van der Waals surface area contributed by atoms with Gasteiger partial charge < -0.3 is 16.0 Å². The van der Waals surface area contributed by atoms with E-state index in [1.165, 1.54) is 6.07 Å². The fraction of sp³-hybridized carbons (Fsp3) is 0.286. The summed E-state index contributed by atoms with van der Waals surface area (Å²) in [7, 11) is 0. The quantitative estimate of drug-likeness (QED) is 0.800. The number of benzene rings is 2. The van der Waals surface area contributed by atoms with Crippen LogP contribution >= 0.6 is 0 Å². The van der Waals surface area contributed by atoms with Gasteiger partial charge in [0.2, 0.25) is 11.8 Å². The van der Waals surface area contributed by atoms with E-state index in [2.05, 4.69) is 10.3 Å². The molecule has 7 heteroatoms. The number of rotatable bonds is 4. The summed E-state index contributed by atoms with van der Waals surface area (Å²) in [5.74, 6) is -1.64. The molecule has 2 amide bonds. The first kappa shape index (κ1) is 18.2. The summed E-state index contributed by atoms with van der Waals surface area (Å²) in [6.45, 7) is 1.11. The average molecular weight is 380 g/mol. The maximum absolute atomic E-state index is 14.7. The van der Waals surface area contributed by atoms with Crippen LogP contribution in [0.15, 0.2) is 47.5 Å². The van der Waals surface area contributed by atoms with Crippen LogP contribution in [-0.2, 0) is 9.59 Å². The number of halogens is 1. The fourth-order valence-electron chi connectivity index (χ4n) is 3.80. The van der Waals surface area contributed by atoms with Gasteiger partial charge in [0.15, 0.2) is 0 Å². The van der Waals surface area contributed by atoms with Gasteiger partial charge in [0, 0.05) is 31.1 Å². The zero-order valence-corrected chi connectivity index (χ0v) is 15.3. The van der Waals surface area contributed by atoms with Crippen LogP contribution in [0.1, 0.15) is 24.3 Å². The maximum atomic E-state index is 14.7. The van der Waals surface area contributed by atoms with Gasteiger partial charge >= 0.3 is 0 Å². The molecular formula is C21H21FN4O2. The van der Waals surface area contributed by atoms with Gasteiger partial charge in [-0.05, 0) is 36.6 Å². The Kier molecular flexibility index (Phi) is 4.81. The molecule has 1 saturated heterocycles. The number of carbonyl (C=O) groups excluding carboxylic acids is 2. The minimum absolute atomic E-state index is 0.146. The summed E-state index contributed by atoms with van der Waals surface area (Å²) in [5, 5.41) is 2.81. The number of nitrogens with one attached hydrogen (secondary N) is 1. The highest BCUT2D eigenvalue weighted by Gasteiger charge is 2.29. The van der Waals surface area contributed by atoms with Crippen molar-refractivity contribution in [3.8, 4) is 0 Å². The number of amides is 2. The number of aliphatic imine (C=N–C) groups is 1. The molecule has 2 heterocycles. The Hall–Kier alpha value is -3.22. The van der Waals surface area contributed by atoms with Crippen LogP contribution in [0.2, 0.25) is 0 Å². The second-order valence-corrected chi connectivity index (χ2v) is 7.16. The Morgan fingerprint density at radius 3 is 2.89 bits per heavy atom. The topological polar surface area (TPSA) is 87.8 Å². The molecule has 2 aliphatic heterocycles. The van der Waals surface area contributed by atoms with E-state index in [1.807, 2.05) is 29.2 Å². The summed E-state index contributed by atoms with van der Waals surface area (Å²) in [5.41, 5.74) is 7.91. The SMILES string of the molecule is NC(=O)C1CCCN(c2ccc(N=CC3C(=O)Nc4ccccc43)cc2F)C1. The number of piperidine rings is 1. The van der Waals surface area contributed by atoms with Crippen molar-refractivity contribution >= 4 is 35.1 Å². The standard InChI is InChI=1S/C21H21FN4O2/c22-17-10-14(7-8-19(17)26-9-3-4-13(12-26)20(23)27)24-11-16-15-5-1-2-6-18(15)25-21(16)28/h1-2,5-8,10-11,13,16H,3-4,9,12H2,(H2,23,27)(H,25,28). The van der Waals surface area contributed by atoms with Crippen LogP contribution in [0.4, 0.5) is 21.5 Å². The van der Waals surface area contributed by atoms with E-state index in [1.54, 1.807) is 18.3 Å². The second kappa shape index (κ2) is 7.42. The molecule has 28 heavy (non-hydrogen) atoms. The van der Waals surface area contributed by atoms with Gasteiger partial charge in [0.1, 0.15) is 11.7 Å². The number of hydrogen-bond acceptors (Lipinski definition) is 4. The van der Waals surface area contributed by atoms with Gasteiger partial charge in [0.25, 0.3) is 0 Å². The van der Waals surface area contributed by atoms with Crippen molar-refractivity contribution in [1.29, 1.82) is 0 Å². The molecule has 0 saturated carbocycles. The van der Waals surface area contributed by atoms with E-state index in [9.17, 15) is 14.0 Å². The second-order valence-electron chi connectivity index (χ2n) is 7.16. The molecule has 0 aliphatic carbocycles. The van der Waals surface area contributed by atoms with E-state index in [4.69, 9.17) is 5.73 Å². The summed E-state index contributed by atoms with van der Waals surface area (Å²) >= 11 is 0. The molecular weight excluding hydrogens is 359 g/mol. The molecule has 0 radical (unpaired) electrons. The molecule has 144 valence electrons. The lowest BCUT2D eigenvalue weighted by atomic mass is 9.97. The number of nitrogens with two attached hydrogens (primary N) is 1. The molecule has 2 aromatic rings. The highest BCUT2D eigenvalue weighted by Crippen LogP contribution is 2.32. The van der Waals surface area contributed by atoms with Crippen molar-refractivity contribution in [1.82, 2.24) is 0 Å². The number of para-hydroxylation sites is 1. The molecule has 4 rings (SSSR count). The first-order chi connectivity index (χ1) is 13.5. The van der Waals surface area contributed by atoms with Crippen LogP contribution in [0.3, 0.4) is 0 Å². The van der Waals surface area contributed by atoms with Crippen LogP contribution in [0, 0.1) is 11.7 Å². The molecule has 2 unspecified atom stereocenters. The smallest absolute Gasteiger partial charge is 0.237 e. The lowest BCUT2D eigenvalue weighted by Crippen LogP contribution is -2.41. The van der Waals surface area contributed by atoms with Gasteiger partial charge in [-0.15, -0.1) is 0 Å². The van der Waals surface area contributed by atoms with Crippen molar-refractivity contribution in [3.63, 3.8) is 0 Å². The monoisotopic (exact) mass is 380 g/mol. The molecule has 2 atom stereocenters. The molecule has 2 aliphatic rings. The largest absolute Gasteiger partial charge is 0.369 e. The number of fused-ring (bicyclic) bond motifs is 1. The first-order valence-electron chi connectivity index (χ1n) is 9.31. The zero-order valence-electron chi connectivity index (χ0n) is 15.3. The van der Waals surface area contributed by atoms with Crippen LogP contribution in [-0.4, -0.2) is 31.1 Å². The average Bonchev–Trinajstić information content (AvgIpc) is 3.01. The van der Waals surface area contributed by atoms with Gasteiger partial charge in [-0.3, -0.25) is 14.6 Å². The molecule has 0 aromatic heterocycles. The number of anilines is 2. The van der Waals surface area contributed by atoms with Gasteiger partial charge in [-0.25, -0.2) is 4.39 Å². The highest BCUT2D eigenvalue weighted by molar-refractivity contribution is 6.12. The maximum Gasteiger partial charge on any atom is 0.237 e. The number of carbonyl (C=O) groups is 2. The summed E-state index contributed by atoms with van der Waals surface area (Å²) in [6, 6.07) is 12.2. The van der Waals surface area contributed by atoms with Crippen molar-refractivity contribution in [2.24, 2.45) is 16.6 Å². The molecule has 0 spiro atoms. The van der Waals surface area contributed by atoms with Crippen LogP contribution in [0.5, 0.6) is 0 Å². The van der Waals surface area contributed by atoms with Crippen molar-refractivity contribution in [2.75, 3.05) is 23.3 Å². The summed E-state index contributed by atoms with van der Waals surface area (Å²) < 4.78 is 14.7. The molecule has 2 aromatic carbocycles. The van der Waals surface area contributed by atoms with Crippen LogP contribution < -0.4 is 16.0 Å². The van der Waals surface area contributed by atoms with Gasteiger partial charge in [0.05, 0.1) is 17.3 Å². The van der Waals surface area contributed by atoms with E-state index in [0.29, 0.717) is 24.5 Å². The number of hydrogen-bond donors (Lipinski definition) is 2. The minimum atomic E-state index is -0.489. The zero-order chi connectivity index (χ0) is 19.7. The van der Waals surface area contributed by atoms with Crippen molar-refractivity contribution in [2.45, 2.75) is 18.8 Å². The molecule has 0 bridgehead atoms. The number of primary amides is 1. The lowest BCUT2D eigenvalue weighted by molar-refractivity contribution is -0.122. The van der Waals surface area contributed by atoms with E-state index in [0.717, 1.165) is 24.1 Å². The summed E-state index contributed by atoms with van der Waals surface area (Å²) in [6.07, 6.45) is 3.07. The van der Waals surface area contributed by atoms with Crippen molar-refractivity contribution in [3.05, 3.63) is 53.8 Å². The number of nitrogens with zero attached hydrogens (tertiary/aromatic N) is 2. The third-order valence-corrected chi connectivity index (χ3v) is 5.30. The third kappa shape index (κ3) is 3.47. The normalized spacial score (nSPS) is 21.6. The Morgan fingerprint density at radius 2 is 2.11 bits per heavy atom.